The maximum absolute atomic E-state index is 14.6. The lowest BCUT2D eigenvalue weighted by Crippen LogP contribution is -2.46. The van der Waals surface area contributed by atoms with Crippen LogP contribution < -0.4 is 10.6 Å². The number of fused-ring (bicyclic) bond motifs is 1. The number of anilines is 1. The predicted octanol–water partition coefficient (Wildman–Crippen LogP) is 4.55. The largest absolute Gasteiger partial charge is 0.447 e. The van der Waals surface area contributed by atoms with Crippen molar-refractivity contribution in [2.75, 3.05) is 25.5 Å². The summed E-state index contributed by atoms with van der Waals surface area (Å²) in [6.45, 7) is 1.21. The van der Waals surface area contributed by atoms with Gasteiger partial charge in [-0.3, -0.25) is 4.79 Å². The number of nitrogens with one attached hydrogen (secondary N) is 2. The predicted molar refractivity (Wildman–Crippen MR) is 127 cm³/mol. The second-order valence-corrected chi connectivity index (χ2v) is 10.8. The first-order chi connectivity index (χ1) is 16.7. The average molecular weight is 529 g/mol. The van der Waals surface area contributed by atoms with Gasteiger partial charge in [-0.15, -0.1) is 0 Å². The maximum atomic E-state index is 14.6. The Balaban J connectivity index is 1.46. The van der Waals surface area contributed by atoms with Crippen molar-refractivity contribution in [1.82, 2.24) is 24.0 Å². The van der Waals surface area contributed by atoms with E-state index in [1.807, 2.05) is 11.9 Å². The lowest BCUT2D eigenvalue weighted by atomic mass is 10.0. The van der Waals surface area contributed by atoms with Crippen molar-refractivity contribution >= 4 is 40.4 Å². The van der Waals surface area contributed by atoms with Gasteiger partial charge < -0.3 is 19.9 Å². The Morgan fingerprint density at radius 3 is 2.83 bits per heavy atom. The summed E-state index contributed by atoms with van der Waals surface area (Å²) in [5, 5.41) is 6.45. The van der Waals surface area contributed by atoms with E-state index in [0.717, 1.165) is 30.9 Å². The minimum atomic E-state index is -4.53. The van der Waals surface area contributed by atoms with Crippen LogP contribution >= 0.6 is 23.3 Å². The Hall–Kier alpha value is -2.38. The number of hydrogen-bond donors (Lipinski definition) is 2. The van der Waals surface area contributed by atoms with Crippen LogP contribution in [0.2, 0.25) is 0 Å². The van der Waals surface area contributed by atoms with E-state index in [1.54, 1.807) is 24.4 Å². The number of carbonyl (C=O) groups excluding carboxylic acids is 1. The monoisotopic (exact) mass is 528 g/mol. The molecule has 13 heteroatoms. The highest BCUT2D eigenvalue weighted by Crippen LogP contribution is 2.44. The first-order valence-corrected chi connectivity index (χ1v) is 12.9. The fraction of sp³-hybridized carbons (Fsp3) is 0.500. The molecule has 2 aliphatic rings. The molecule has 0 spiro atoms. The Kier molecular flexibility index (Phi) is 6.66. The van der Waals surface area contributed by atoms with E-state index in [-0.39, 0.29) is 46.5 Å². The SMILES string of the molecule is CN1CC[C@@H](Nc2cccn3c(SC(F)(F)F)c(-c4nsc(CNC(=O)C5CC5)n4)cc23)[C@@H](F)C1. The fourth-order valence-corrected chi connectivity index (χ4v) is 5.51. The van der Waals surface area contributed by atoms with Crippen LogP contribution in [0.25, 0.3) is 16.9 Å². The number of nitrogens with zero attached hydrogens (tertiary/aromatic N) is 4. The molecule has 3 aromatic heterocycles. The number of aromatic nitrogens is 3. The minimum absolute atomic E-state index is 0.0412. The normalized spacial score (nSPS) is 21.4. The van der Waals surface area contributed by atoms with Gasteiger partial charge in [0, 0.05) is 37.0 Å². The number of alkyl halides is 4. The van der Waals surface area contributed by atoms with Crippen molar-refractivity contribution in [3.05, 3.63) is 29.4 Å². The molecule has 188 valence electrons. The van der Waals surface area contributed by atoms with Gasteiger partial charge in [-0.1, -0.05) is 0 Å². The fourth-order valence-electron chi connectivity index (χ4n) is 4.18. The molecule has 0 bridgehead atoms. The van der Waals surface area contributed by atoms with Crippen molar-refractivity contribution in [1.29, 1.82) is 0 Å². The second-order valence-electron chi connectivity index (χ2n) is 8.91. The zero-order valence-electron chi connectivity index (χ0n) is 18.8. The molecule has 1 aliphatic heterocycles. The zero-order chi connectivity index (χ0) is 24.7. The standard InChI is InChI=1S/C22H24F4N6OS2/c1-31-8-6-15(14(23)11-31)28-16-3-2-7-32-17(16)9-13(21(32)34-22(24,25)26)19-29-18(35-30-19)10-27-20(33)12-4-5-12/h2-3,7,9,12,14-15,28H,4-6,8,10-11H2,1H3,(H,27,33)/t14-,15+/m0/s1. The molecule has 1 saturated heterocycles. The van der Waals surface area contributed by atoms with Gasteiger partial charge in [-0.25, -0.2) is 9.37 Å². The zero-order valence-corrected chi connectivity index (χ0v) is 20.4. The molecule has 5 rings (SSSR count). The third-order valence-corrected chi connectivity index (χ3v) is 7.68. The van der Waals surface area contributed by atoms with Crippen LogP contribution in [0.5, 0.6) is 0 Å². The van der Waals surface area contributed by atoms with Gasteiger partial charge in [0.25, 0.3) is 0 Å². The Morgan fingerprint density at radius 2 is 2.11 bits per heavy atom. The molecule has 0 radical (unpaired) electrons. The van der Waals surface area contributed by atoms with Crippen molar-refractivity contribution in [3.8, 4) is 11.4 Å². The van der Waals surface area contributed by atoms with Crippen LogP contribution in [-0.4, -0.2) is 62.4 Å². The van der Waals surface area contributed by atoms with Crippen molar-refractivity contribution < 1.29 is 22.4 Å². The number of thioether (sulfide) groups is 1. The Morgan fingerprint density at radius 1 is 1.31 bits per heavy atom. The van der Waals surface area contributed by atoms with E-state index in [4.69, 9.17) is 0 Å². The van der Waals surface area contributed by atoms with Gasteiger partial charge in [0.15, 0.2) is 5.82 Å². The van der Waals surface area contributed by atoms with Gasteiger partial charge in [0.1, 0.15) is 11.2 Å². The second kappa shape index (κ2) is 9.58. The topological polar surface area (TPSA) is 74.6 Å². The quantitative estimate of drug-likeness (QED) is 0.346. The Bertz CT molecular complexity index is 1220. The van der Waals surface area contributed by atoms with Crippen LogP contribution in [0.15, 0.2) is 29.4 Å². The molecule has 35 heavy (non-hydrogen) atoms. The molecule has 3 aromatic rings. The van der Waals surface area contributed by atoms with Gasteiger partial charge in [-0.05, 0) is 56.0 Å². The van der Waals surface area contributed by atoms with Crippen LogP contribution in [-0.2, 0) is 11.3 Å². The molecule has 7 nitrogen and oxygen atoms in total. The van der Waals surface area contributed by atoms with E-state index >= 15 is 0 Å². The van der Waals surface area contributed by atoms with E-state index in [1.165, 1.54) is 4.40 Å². The number of pyridine rings is 1. The summed E-state index contributed by atoms with van der Waals surface area (Å²) in [5.41, 5.74) is -3.26. The molecule has 0 aromatic carbocycles. The lowest BCUT2D eigenvalue weighted by molar-refractivity contribution is -0.122. The van der Waals surface area contributed by atoms with Gasteiger partial charge in [0.2, 0.25) is 5.91 Å². The van der Waals surface area contributed by atoms with Gasteiger partial charge >= 0.3 is 5.51 Å². The van der Waals surface area contributed by atoms with E-state index in [2.05, 4.69) is 20.0 Å². The molecular formula is C22H24F4N6OS2. The summed E-state index contributed by atoms with van der Waals surface area (Å²) in [7, 11) is 1.86. The highest BCUT2D eigenvalue weighted by molar-refractivity contribution is 8.00. The molecule has 4 heterocycles. The maximum Gasteiger partial charge on any atom is 0.447 e. The minimum Gasteiger partial charge on any atom is -0.378 e. The van der Waals surface area contributed by atoms with Gasteiger partial charge in [-0.2, -0.15) is 17.5 Å². The van der Waals surface area contributed by atoms with Crippen LogP contribution in [0.3, 0.4) is 0 Å². The van der Waals surface area contributed by atoms with Crippen molar-refractivity contribution in [2.24, 2.45) is 5.92 Å². The third-order valence-electron chi connectivity index (χ3n) is 6.13. The molecule has 2 N–H and O–H groups in total. The molecule has 2 atom stereocenters. The van der Waals surface area contributed by atoms with Crippen LogP contribution in [0.1, 0.15) is 24.3 Å². The van der Waals surface area contributed by atoms with E-state index < -0.39 is 17.7 Å². The van der Waals surface area contributed by atoms with Crippen LogP contribution in [0.4, 0.5) is 23.2 Å². The summed E-state index contributed by atoms with van der Waals surface area (Å²) in [4.78, 5) is 18.2. The average Bonchev–Trinajstić information content (AvgIpc) is 3.44. The van der Waals surface area contributed by atoms with Crippen LogP contribution in [0, 0.1) is 5.92 Å². The van der Waals surface area contributed by atoms with Crippen molar-refractivity contribution in [2.45, 2.75) is 48.6 Å². The number of piperidine rings is 1. The number of rotatable bonds is 7. The first-order valence-electron chi connectivity index (χ1n) is 11.3. The Labute approximate surface area is 207 Å². The third kappa shape index (κ3) is 5.56. The van der Waals surface area contributed by atoms with Gasteiger partial charge in [0.05, 0.1) is 34.4 Å². The molecule has 2 fully saturated rings. The smallest absolute Gasteiger partial charge is 0.378 e. The molecule has 1 amide bonds. The number of carbonyl (C=O) groups is 1. The summed E-state index contributed by atoms with van der Waals surface area (Å²) in [6.07, 6.45) is 2.78. The lowest BCUT2D eigenvalue weighted by Gasteiger charge is -2.33. The van der Waals surface area contributed by atoms with Crippen molar-refractivity contribution in [3.63, 3.8) is 0 Å². The molecular weight excluding hydrogens is 504 g/mol. The molecule has 1 saturated carbocycles. The number of hydrogen-bond acceptors (Lipinski definition) is 7. The van der Waals surface area contributed by atoms with E-state index in [0.29, 0.717) is 29.2 Å². The summed E-state index contributed by atoms with van der Waals surface area (Å²) >= 11 is 0.806. The summed E-state index contributed by atoms with van der Waals surface area (Å²) in [5.74, 6) is 0.170. The summed E-state index contributed by atoms with van der Waals surface area (Å²) in [6, 6.07) is 4.54. The number of halogens is 4. The summed E-state index contributed by atoms with van der Waals surface area (Å²) < 4.78 is 60.8. The van der Waals surface area contributed by atoms with E-state index in [9.17, 15) is 22.4 Å². The highest BCUT2D eigenvalue weighted by atomic mass is 32.2. The molecule has 1 aliphatic carbocycles. The number of likely N-dealkylation sites (tertiary alicyclic amines) is 1. The number of amides is 1. The first kappa shape index (κ1) is 24.3. The molecule has 0 unspecified atom stereocenters. The highest BCUT2D eigenvalue weighted by Gasteiger charge is 2.34.